The zero-order valence-corrected chi connectivity index (χ0v) is 13.5. The SMILES string of the molecule is CC1(C)CC(=O)c2ccc(OCc3cn4cccnc4n3)cc2O1. The summed E-state index contributed by atoms with van der Waals surface area (Å²) in [6, 6.07) is 7.15. The van der Waals surface area contributed by atoms with E-state index in [1.807, 2.05) is 36.7 Å². The molecule has 0 atom stereocenters. The Balaban J connectivity index is 1.54. The van der Waals surface area contributed by atoms with Crippen molar-refractivity contribution in [1.82, 2.24) is 14.4 Å². The lowest BCUT2D eigenvalue weighted by molar-refractivity contribution is 0.0618. The number of ether oxygens (including phenoxy) is 2. The molecule has 0 fully saturated rings. The molecule has 24 heavy (non-hydrogen) atoms. The lowest BCUT2D eigenvalue weighted by Crippen LogP contribution is -2.35. The third-order valence-electron chi connectivity index (χ3n) is 3.90. The highest BCUT2D eigenvalue weighted by atomic mass is 16.5. The fourth-order valence-electron chi connectivity index (χ4n) is 2.83. The van der Waals surface area contributed by atoms with Crippen molar-refractivity contribution in [2.75, 3.05) is 0 Å². The molecule has 0 saturated heterocycles. The monoisotopic (exact) mass is 323 g/mol. The molecule has 0 spiro atoms. The topological polar surface area (TPSA) is 65.7 Å². The fraction of sp³-hybridized carbons (Fsp3) is 0.278. The average Bonchev–Trinajstić information content (AvgIpc) is 2.94. The van der Waals surface area contributed by atoms with Gasteiger partial charge in [0.05, 0.1) is 17.7 Å². The van der Waals surface area contributed by atoms with Gasteiger partial charge in [-0.3, -0.25) is 9.20 Å². The van der Waals surface area contributed by atoms with E-state index in [1.165, 1.54) is 0 Å². The first-order valence-corrected chi connectivity index (χ1v) is 7.78. The Hall–Kier alpha value is -2.89. The van der Waals surface area contributed by atoms with Crippen molar-refractivity contribution in [2.24, 2.45) is 0 Å². The van der Waals surface area contributed by atoms with Crippen LogP contribution in [0.1, 0.15) is 36.3 Å². The molecule has 6 nitrogen and oxygen atoms in total. The van der Waals surface area contributed by atoms with Gasteiger partial charge in [0.25, 0.3) is 0 Å². The second kappa shape index (κ2) is 5.33. The van der Waals surface area contributed by atoms with Gasteiger partial charge < -0.3 is 9.47 Å². The Morgan fingerprint density at radius 3 is 3.08 bits per heavy atom. The van der Waals surface area contributed by atoms with Gasteiger partial charge in [-0.15, -0.1) is 0 Å². The third kappa shape index (κ3) is 2.71. The van der Waals surface area contributed by atoms with E-state index in [0.29, 0.717) is 35.9 Å². The molecular formula is C18H17N3O3. The number of hydrogen-bond acceptors (Lipinski definition) is 5. The minimum Gasteiger partial charge on any atom is -0.487 e. The van der Waals surface area contributed by atoms with Crippen molar-refractivity contribution in [3.05, 3.63) is 54.1 Å². The van der Waals surface area contributed by atoms with Crippen LogP contribution in [-0.2, 0) is 6.61 Å². The molecule has 0 aliphatic carbocycles. The number of Topliss-reactive ketones (excluding diaryl/α,β-unsaturated/α-hetero) is 1. The molecule has 0 amide bonds. The number of aromatic nitrogens is 3. The van der Waals surface area contributed by atoms with Crippen LogP contribution in [0.15, 0.2) is 42.9 Å². The normalized spacial score (nSPS) is 15.8. The standard InChI is InChI=1S/C18H17N3O3/c1-18(2)9-15(22)14-5-4-13(8-16(14)24-18)23-11-12-10-21-7-3-6-19-17(21)20-12/h3-8,10H,9,11H2,1-2H3. The summed E-state index contributed by atoms with van der Waals surface area (Å²) >= 11 is 0. The molecule has 1 aliphatic rings. The fourth-order valence-corrected chi connectivity index (χ4v) is 2.83. The zero-order chi connectivity index (χ0) is 16.7. The van der Waals surface area contributed by atoms with Gasteiger partial charge in [0, 0.05) is 24.7 Å². The van der Waals surface area contributed by atoms with Crippen LogP contribution in [-0.4, -0.2) is 25.8 Å². The molecule has 122 valence electrons. The summed E-state index contributed by atoms with van der Waals surface area (Å²) in [5.74, 6) is 1.95. The van der Waals surface area contributed by atoms with Crippen LogP contribution < -0.4 is 9.47 Å². The van der Waals surface area contributed by atoms with Crippen molar-refractivity contribution < 1.29 is 14.3 Å². The molecule has 1 aliphatic heterocycles. The summed E-state index contributed by atoms with van der Waals surface area (Å²) in [6.45, 7) is 4.13. The molecule has 6 heteroatoms. The second-order valence-electron chi connectivity index (χ2n) is 6.47. The van der Waals surface area contributed by atoms with Gasteiger partial charge in [-0.1, -0.05) is 0 Å². The van der Waals surface area contributed by atoms with Crippen LogP contribution in [0.25, 0.3) is 5.78 Å². The molecule has 3 aromatic rings. The maximum atomic E-state index is 12.2. The van der Waals surface area contributed by atoms with Crippen LogP contribution >= 0.6 is 0 Å². The summed E-state index contributed by atoms with van der Waals surface area (Å²) in [6.07, 6.45) is 5.85. The highest BCUT2D eigenvalue weighted by Gasteiger charge is 2.32. The summed E-state index contributed by atoms with van der Waals surface area (Å²) in [7, 11) is 0. The molecule has 1 aromatic carbocycles. The van der Waals surface area contributed by atoms with Gasteiger partial charge >= 0.3 is 0 Å². The van der Waals surface area contributed by atoms with Gasteiger partial charge in [0.1, 0.15) is 23.7 Å². The largest absolute Gasteiger partial charge is 0.487 e. The molecule has 0 saturated carbocycles. The number of carbonyl (C=O) groups excluding carboxylic acids is 1. The van der Waals surface area contributed by atoms with Gasteiger partial charge in [0.2, 0.25) is 5.78 Å². The summed E-state index contributed by atoms with van der Waals surface area (Å²) in [4.78, 5) is 20.7. The average molecular weight is 323 g/mol. The van der Waals surface area contributed by atoms with E-state index in [0.717, 1.165) is 5.69 Å². The molecule has 0 radical (unpaired) electrons. The Morgan fingerprint density at radius 1 is 1.38 bits per heavy atom. The van der Waals surface area contributed by atoms with Gasteiger partial charge in [-0.2, -0.15) is 0 Å². The van der Waals surface area contributed by atoms with E-state index in [-0.39, 0.29) is 5.78 Å². The minimum atomic E-state index is -0.490. The lowest BCUT2D eigenvalue weighted by atomic mass is 9.93. The number of nitrogens with zero attached hydrogens (tertiary/aromatic N) is 3. The molecular weight excluding hydrogens is 306 g/mol. The molecule has 0 bridgehead atoms. The van der Waals surface area contributed by atoms with Crippen LogP contribution in [0.3, 0.4) is 0 Å². The van der Waals surface area contributed by atoms with Gasteiger partial charge in [-0.25, -0.2) is 9.97 Å². The molecule has 3 heterocycles. The summed E-state index contributed by atoms with van der Waals surface area (Å²) < 4.78 is 13.5. The quantitative estimate of drug-likeness (QED) is 0.741. The van der Waals surface area contributed by atoms with Crippen molar-refractivity contribution in [1.29, 1.82) is 0 Å². The number of carbonyl (C=O) groups is 1. The Bertz CT molecular complexity index is 897. The molecule has 4 rings (SSSR count). The van der Waals surface area contributed by atoms with Crippen molar-refractivity contribution in [2.45, 2.75) is 32.5 Å². The smallest absolute Gasteiger partial charge is 0.234 e. The highest BCUT2D eigenvalue weighted by molar-refractivity contribution is 6.00. The first-order chi connectivity index (χ1) is 11.5. The molecule has 0 unspecified atom stereocenters. The summed E-state index contributed by atoms with van der Waals surface area (Å²) in [5.41, 5.74) is 0.901. The number of hydrogen-bond donors (Lipinski definition) is 0. The lowest BCUT2D eigenvalue weighted by Gasteiger charge is -2.31. The number of benzene rings is 1. The van der Waals surface area contributed by atoms with Crippen LogP contribution in [0.5, 0.6) is 11.5 Å². The maximum Gasteiger partial charge on any atom is 0.234 e. The van der Waals surface area contributed by atoms with E-state index < -0.39 is 5.60 Å². The van der Waals surface area contributed by atoms with E-state index in [2.05, 4.69) is 9.97 Å². The van der Waals surface area contributed by atoms with E-state index >= 15 is 0 Å². The number of imidazole rings is 1. The predicted molar refractivity (Wildman–Crippen MR) is 87.4 cm³/mol. The van der Waals surface area contributed by atoms with Crippen LogP contribution in [0.4, 0.5) is 0 Å². The Labute approximate surface area is 139 Å². The Kier molecular flexibility index (Phi) is 3.26. The van der Waals surface area contributed by atoms with E-state index in [9.17, 15) is 4.79 Å². The first kappa shape index (κ1) is 14.7. The predicted octanol–water partition coefficient (Wildman–Crippen LogP) is 3.05. The highest BCUT2D eigenvalue weighted by Crippen LogP contribution is 2.35. The van der Waals surface area contributed by atoms with Crippen LogP contribution in [0, 0.1) is 0 Å². The van der Waals surface area contributed by atoms with E-state index in [1.54, 1.807) is 24.4 Å². The van der Waals surface area contributed by atoms with Crippen molar-refractivity contribution >= 4 is 11.6 Å². The van der Waals surface area contributed by atoms with Crippen LogP contribution in [0.2, 0.25) is 0 Å². The van der Waals surface area contributed by atoms with Gasteiger partial charge in [-0.05, 0) is 32.0 Å². The molecule has 0 N–H and O–H groups in total. The number of rotatable bonds is 3. The Morgan fingerprint density at radius 2 is 2.25 bits per heavy atom. The second-order valence-corrected chi connectivity index (χ2v) is 6.47. The zero-order valence-electron chi connectivity index (χ0n) is 13.5. The third-order valence-corrected chi connectivity index (χ3v) is 3.90. The molecule has 2 aromatic heterocycles. The maximum absolute atomic E-state index is 12.2. The number of ketones is 1. The first-order valence-electron chi connectivity index (χ1n) is 7.78. The van der Waals surface area contributed by atoms with Crippen molar-refractivity contribution in [3.8, 4) is 11.5 Å². The van der Waals surface area contributed by atoms with E-state index in [4.69, 9.17) is 9.47 Å². The number of fused-ring (bicyclic) bond motifs is 2. The van der Waals surface area contributed by atoms with Crippen molar-refractivity contribution in [3.63, 3.8) is 0 Å². The summed E-state index contributed by atoms with van der Waals surface area (Å²) in [5, 5.41) is 0. The minimum absolute atomic E-state index is 0.0965. The van der Waals surface area contributed by atoms with Gasteiger partial charge in [0.15, 0.2) is 5.78 Å².